The molecule has 0 bridgehead atoms. The SMILES string of the molecule is CCOc1ccccc1N1CCN(C(=O)CSc2ccc(F)c(F)c2)CC1. The second kappa shape index (κ2) is 9.08. The number of piperazine rings is 1. The van der Waals surface area contributed by atoms with Crippen molar-refractivity contribution in [3.05, 3.63) is 54.1 Å². The molecule has 4 nitrogen and oxygen atoms in total. The molecular formula is C20H22F2N2O2S. The van der Waals surface area contributed by atoms with E-state index in [0.29, 0.717) is 24.6 Å². The number of amides is 1. The molecule has 1 amide bonds. The van der Waals surface area contributed by atoms with Gasteiger partial charge in [-0.2, -0.15) is 0 Å². The molecule has 2 aromatic carbocycles. The van der Waals surface area contributed by atoms with Crippen molar-refractivity contribution in [3.63, 3.8) is 0 Å². The van der Waals surface area contributed by atoms with Crippen molar-refractivity contribution in [2.75, 3.05) is 43.4 Å². The van der Waals surface area contributed by atoms with E-state index in [1.165, 1.54) is 17.8 Å². The van der Waals surface area contributed by atoms with E-state index in [4.69, 9.17) is 4.74 Å². The molecule has 1 aliphatic rings. The third-order valence-electron chi connectivity index (χ3n) is 4.39. The van der Waals surface area contributed by atoms with Gasteiger partial charge < -0.3 is 14.5 Å². The van der Waals surface area contributed by atoms with Crippen LogP contribution in [-0.4, -0.2) is 49.3 Å². The van der Waals surface area contributed by atoms with Crippen molar-refractivity contribution in [1.29, 1.82) is 0 Å². The smallest absolute Gasteiger partial charge is 0.233 e. The van der Waals surface area contributed by atoms with Gasteiger partial charge in [-0.05, 0) is 37.3 Å². The molecule has 1 saturated heterocycles. The molecule has 0 N–H and O–H groups in total. The molecule has 1 heterocycles. The van der Waals surface area contributed by atoms with E-state index in [1.54, 1.807) is 0 Å². The number of halogens is 2. The third kappa shape index (κ3) is 4.91. The van der Waals surface area contributed by atoms with E-state index < -0.39 is 11.6 Å². The lowest BCUT2D eigenvalue weighted by Gasteiger charge is -2.36. The van der Waals surface area contributed by atoms with Gasteiger partial charge >= 0.3 is 0 Å². The Kier molecular flexibility index (Phi) is 6.55. The van der Waals surface area contributed by atoms with Crippen LogP contribution in [0.4, 0.5) is 14.5 Å². The first kappa shape index (κ1) is 19.5. The number of hydrogen-bond acceptors (Lipinski definition) is 4. The molecule has 2 aromatic rings. The summed E-state index contributed by atoms with van der Waals surface area (Å²) in [7, 11) is 0. The van der Waals surface area contributed by atoms with Crippen LogP contribution in [0.25, 0.3) is 0 Å². The fourth-order valence-electron chi connectivity index (χ4n) is 3.00. The lowest BCUT2D eigenvalue weighted by atomic mass is 10.2. The predicted molar refractivity (Wildman–Crippen MR) is 103 cm³/mol. The van der Waals surface area contributed by atoms with Crippen LogP contribution in [0.5, 0.6) is 5.75 Å². The maximum absolute atomic E-state index is 13.3. The van der Waals surface area contributed by atoms with E-state index in [2.05, 4.69) is 4.90 Å². The zero-order valence-corrected chi connectivity index (χ0v) is 16.0. The van der Waals surface area contributed by atoms with Gasteiger partial charge in [-0.15, -0.1) is 11.8 Å². The van der Waals surface area contributed by atoms with Gasteiger partial charge in [-0.25, -0.2) is 8.78 Å². The summed E-state index contributed by atoms with van der Waals surface area (Å²) >= 11 is 1.22. The fourth-order valence-corrected chi connectivity index (χ4v) is 3.82. The Morgan fingerprint density at radius 1 is 1.07 bits per heavy atom. The zero-order valence-electron chi connectivity index (χ0n) is 15.2. The van der Waals surface area contributed by atoms with Crippen LogP contribution >= 0.6 is 11.8 Å². The van der Waals surface area contributed by atoms with E-state index >= 15 is 0 Å². The molecule has 1 aliphatic heterocycles. The zero-order chi connectivity index (χ0) is 19.2. The first-order valence-electron chi connectivity index (χ1n) is 8.91. The van der Waals surface area contributed by atoms with Gasteiger partial charge in [-0.3, -0.25) is 4.79 Å². The highest BCUT2D eigenvalue weighted by molar-refractivity contribution is 8.00. The van der Waals surface area contributed by atoms with Crippen LogP contribution in [0, 0.1) is 11.6 Å². The van der Waals surface area contributed by atoms with Crippen LogP contribution in [0.3, 0.4) is 0 Å². The average Bonchev–Trinajstić information content (AvgIpc) is 2.69. The molecule has 0 spiro atoms. The molecule has 0 aliphatic carbocycles. The summed E-state index contributed by atoms with van der Waals surface area (Å²) in [5.74, 6) is -0.708. The van der Waals surface area contributed by atoms with Gasteiger partial charge in [0.2, 0.25) is 5.91 Å². The quantitative estimate of drug-likeness (QED) is 0.700. The maximum Gasteiger partial charge on any atom is 0.233 e. The number of benzene rings is 2. The normalized spacial score (nSPS) is 14.3. The summed E-state index contributed by atoms with van der Waals surface area (Å²) in [4.78, 5) is 17.0. The molecule has 0 atom stereocenters. The number of rotatable bonds is 6. The molecule has 0 unspecified atom stereocenters. The highest BCUT2D eigenvalue weighted by Crippen LogP contribution is 2.29. The molecular weight excluding hydrogens is 370 g/mol. The summed E-state index contributed by atoms with van der Waals surface area (Å²) in [6.07, 6.45) is 0. The molecule has 27 heavy (non-hydrogen) atoms. The van der Waals surface area contributed by atoms with Crippen molar-refractivity contribution in [2.45, 2.75) is 11.8 Å². The largest absolute Gasteiger partial charge is 0.492 e. The number of para-hydroxylation sites is 2. The van der Waals surface area contributed by atoms with Crippen molar-refractivity contribution in [1.82, 2.24) is 4.90 Å². The van der Waals surface area contributed by atoms with Crippen molar-refractivity contribution in [3.8, 4) is 5.75 Å². The Hall–Kier alpha value is -2.28. The summed E-state index contributed by atoms with van der Waals surface area (Å²) in [5, 5.41) is 0. The second-order valence-electron chi connectivity index (χ2n) is 6.13. The maximum atomic E-state index is 13.3. The number of nitrogens with zero attached hydrogens (tertiary/aromatic N) is 2. The Balaban J connectivity index is 1.53. The highest BCUT2D eigenvalue weighted by Gasteiger charge is 2.23. The molecule has 3 rings (SSSR count). The topological polar surface area (TPSA) is 32.8 Å². The number of carbonyl (C=O) groups is 1. The van der Waals surface area contributed by atoms with Crippen molar-refractivity contribution >= 4 is 23.4 Å². The highest BCUT2D eigenvalue weighted by atomic mass is 32.2. The minimum Gasteiger partial charge on any atom is -0.492 e. The lowest BCUT2D eigenvalue weighted by molar-refractivity contribution is -0.128. The van der Waals surface area contributed by atoms with Gasteiger partial charge in [0.1, 0.15) is 5.75 Å². The van der Waals surface area contributed by atoms with Gasteiger partial charge in [0.25, 0.3) is 0 Å². The summed E-state index contributed by atoms with van der Waals surface area (Å²) in [6, 6.07) is 11.6. The molecule has 7 heteroatoms. The summed E-state index contributed by atoms with van der Waals surface area (Å²) < 4.78 is 31.9. The molecule has 0 saturated carbocycles. The average molecular weight is 392 g/mol. The van der Waals surface area contributed by atoms with E-state index in [1.807, 2.05) is 36.1 Å². The second-order valence-corrected chi connectivity index (χ2v) is 7.18. The standard InChI is InChI=1S/C20H22F2N2O2S/c1-2-26-19-6-4-3-5-18(19)23-9-11-24(12-10-23)20(25)14-27-15-7-8-16(21)17(22)13-15/h3-8,13H,2,9-12,14H2,1H3. The van der Waals surface area contributed by atoms with Crippen molar-refractivity contribution < 1.29 is 18.3 Å². The summed E-state index contributed by atoms with van der Waals surface area (Å²) in [5.41, 5.74) is 1.04. The van der Waals surface area contributed by atoms with Gasteiger partial charge in [0, 0.05) is 31.1 Å². The number of anilines is 1. The van der Waals surface area contributed by atoms with E-state index in [9.17, 15) is 13.6 Å². The lowest BCUT2D eigenvalue weighted by Crippen LogP contribution is -2.49. The van der Waals surface area contributed by atoms with Crippen molar-refractivity contribution in [2.24, 2.45) is 0 Å². The van der Waals surface area contributed by atoms with Gasteiger partial charge in [0.15, 0.2) is 11.6 Å². The van der Waals surface area contributed by atoms with E-state index in [0.717, 1.165) is 36.7 Å². The number of hydrogen-bond donors (Lipinski definition) is 0. The molecule has 0 aromatic heterocycles. The Labute approximate surface area is 162 Å². The summed E-state index contributed by atoms with van der Waals surface area (Å²) in [6.45, 7) is 5.27. The monoisotopic (exact) mass is 392 g/mol. The first-order chi connectivity index (χ1) is 13.1. The minimum absolute atomic E-state index is 0.00229. The Bertz CT molecular complexity index is 795. The number of thioether (sulfide) groups is 1. The van der Waals surface area contributed by atoms with Crippen LogP contribution < -0.4 is 9.64 Å². The third-order valence-corrected chi connectivity index (χ3v) is 5.37. The Morgan fingerprint density at radius 3 is 2.52 bits per heavy atom. The number of ether oxygens (including phenoxy) is 1. The van der Waals surface area contributed by atoms with E-state index in [-0.39, 0.29) is 11.7 Å². The van der Waals surface area contributed by atoms with Crippen LogP contribution in [0.2, 0.25) is 0 Å². The minimum atomic E-state index is -0.894. The van der Waals surface area contributed by atoms with Crippen LogP contribution in [-0.2, 0) is 4.79 Å². The molecule has 0 radical (unpaired) electrons. The number of carbonyl (C=O) groups excluding carboxylic acids is 1. The Morgan fingerprint density at radius 2 is 1.81 bits per heavy atom. The van der Waals surface area contributed by atoms with Crippen LogP contribution in [0.1, 0.15) is 6.92 Å². The molecule has 1 fully saturated rings. The first-order valence-corrected chi connectivity index (χ1v) is 9.89. The van der Waals surface area contributed by atoms with Gasteiger partial charge in [0.05, 0.1) is 18.0 Å². The predicted octanol–water partition coefficient (Wildman–Crippen LogP) is 3.80. The molecule has 144 valence electrons. The fraction of sp³-hybridized carbons (Fsp3) is 0.350. The van der Waals surface area contributed by atoms with Gasteiger partial charge in [-0.1, -0.05) is 12.1 Å². The van der Waals surface area contributed by atoms with Crippen LogP contribution in [0.15, 0.2) is 47.4 Å².